The zero-order valence-electron chi connectivity index (χ0n) is 15.4. The van der Waals surface area contributed by atoms with Gasteiger partial charge >= 0.3 is 5.69 Å². The summed E-state index contributed by atoms with van der Waals surface area (Å²) in [5, 5.41) is 7.26. The van der Waals surface area contributed by atoms with Crippen LogP contribution in [-0.2, 0) is 11.3 Å². The number of rotatable bonds is 5. The Morgan fingerprint density at radius 3 is 2.36 bits per heavy atom. The van der Waals surface area contributed by atoms with Gasteiger partial charge in [-0.15, -0.1) is 5.10 Å². The molecule has 0 saturated carbocycles. The molecule has 0 aliphatic carbocycles. The molecule has 6 heteroatoms. The van der Waals surface area contributed by atoms with Crippen LogP contribution in [0.25, 0.3) is 5.65 Å². The molecule has 0 aliphatic rings. The van der Waals surface area contributed by atoms with Gasteiger partial charge in [0.2, 0.25) is 5.91 Å². The SMILES string of the molecule is Cc1ccc(C(NC(=O)Cn2nc3ccccn3c2=O)c2ccccc2)cc1. The molecule has 1 amide bonds. The van der Waals surface area contributed by atoms with E-state index in [1.807, 2.05) is 61.5 Å². The monoisotopic (exact) mass is 372 g/mol. The van der Waals surface area contributed by atoms with Gasteiger partial charge in [0.1, 0.15) is 6.54 Å². The Kier molecular flexibility index (Phi) is 4.76. The van der Waals surface area contributed by atoms with E-state index in [-0.39, 0.29) is 24.2 Å². The van der Waals surface area contributed by atoms with Crippen LogP contribution >= 0.6 is 0 Å². The van der Waals surface area contributed by atoms with Crippen molar-refractivity contribution in [3.05, 3.63) is 106 Å². The van der Waals surface area contributed by atoms with Crippen molar-refractivity contribution in [3.8, 4) is 0 Å². The highest BCUT2D eigenvalue weighted by molar-refractivity contribution is 5.76. The molecular formula is C22H20N4O2. The number of aryl methyl sites for hydroxylation is 1. The predicted molar refractivity (Wildman–Crippen MR) is 107 cm³/mol. The van der Waals surface area contributed by atoms with E-state index in [0.717, 1.165) is 16.7 Å². The van der Waals surface area contributed by atoms with E-state index < -0.39 is 0 Å². The lowest BCUT2D eigenvalue weighted by Crippen LogP contribution is -2.35. The molecule has 1 unspecified atom stereocenters. The minimum Gasteiger partial charge on any atom is -0.344 e. The average molecular weight is 372 g/mol. The third-order valence-electron chi connectivity index (χ3n) is 4.63. The maximum absolute atomic E-state index is 12.7. The second-order valence-electron chi connectivity index (χ2n) is 6.69. The van der Waals surface area contributed by atoms with Gasteiger partial charge in [-0.1, -0.05) is 66.2 Å². The lowest BCUT2D eigenvalue weighted by molar-refractivity contribution is -0.122. The molecule has 1 N–H and O–H groups in total. The predicted octanol–water partition coefficient (Wildman–Crippen LogP) is 2.71. The average Bonchev–Trinajstić information content (AvgIpc) is 3.03. The van der Waals surface area contributed by atoms with Gasteiger partial charge in [0.25, 0.3) is 0 Å². The van der Waals surface area contributed by atoms with Crippen molar-refractivity contribution in [3.63, 3.8) is 0 Å². The molecule has 0 spiro atoms. The summed E-state index contributed by atoms with van der Waals surface area (Å²) in [6.07, 6.45) is 1.64. The number of hydrogen-bond donors (Lipinski definition) is 1. The zero-order chi connectivity index (χ0) is 19.5. The van der Waals surface area contributed by atoms with Crippen LogP contribution in [0.4, 0.5) is 0 Å². The van der Waals surface area contributed by atoms with Crippen molar-refractivity contribution >= 4 is 11.6 Å². The molecule has 2 aromatic heterocycles. The lowest BCUT2D eigenvalue weighted by atomic mass is 9.98. The van der Waals surface area contributed by atoms with Gasteiger partial charge in [-0.05, 0) is 30.2 Å². The maximum atomic E-state index is 12.7. The highest BCUT2D eigenvalue weighted by atomic mass is 16.2. The van der Waals surface area contributed by atoms with Gasteiger partial charge in [-0.3, -0.25) is 9.20 Å². The fourth-order valence-electron chi connectivity index (χ4n) is 3.18. The van der Waals surface area contributed by atoms with Crippen LogP contribution in [0.1, 0.15) is 22.7 Å². The van der Waals surface area contributed by atoms with Crippen LogP contribution in [0.2, 0.25) is 0 Å². The number of carbonyl (C=O) groups is 1. The Morgan fingerprint density at radius 1 is 0.964 bits per heavy atom. The minimum absolute atomic E-state index is 0.143. The zero-order valence-corrected chi connectivity index (χ0v) is 15.4. The normalized spacial score (nSPS) is 12.0. The lowest BCUT2D eigenvalue weighted by Gasteiger charge is -2.20. The highest BCUT2D eigenvalue weighted by Gasteiger charge is 2.18. The van der Waals surface area contributed by atoms with Crippen LogP contribution < -0.4 is 11.0 Å². The number of pyridine rings is 1. The molecule has 4 aromatic rings. The number of amides is 1. The molecule has 1 atom stereocenters. The second-order valence-corrected chi connectivity index (χ2v) is 6.69. The summed E-state index contributed by atoms with van der Waals surface area (Å²) in [5.74, 6) is -0.278. The molecule has 0 saturated heterocycles. The highest BCUT2D eigenvalue weighted by Crippen LogP contribution is 2.22. The van der Waals surface area contributed by atoms with Gasteiger partial charge < -0.3 is 5.32 Å². The van der Waals surface area contributed by atoms with Gasteiger partial charge in [-0.25, -0.2) is 9.48 Å². The third-order valence-corrected chi connectivity index (χ3v) is 4.63. The number of nitrogens with one attached hydrogen (secondary N) is 1. The van der Waals surface area contributed by atoms with E-state index in [1.54, 1.807) is 24.4 Å². The van der Waals surface area contributed by atoms with Crippen molar-refractivity contribution in [2.24, 2.45) is 0 Å². The molecule has 0 radical (unpaired) electrons. The number of hydrogen-bond acceptors (Lipinski definition) is 3. The molecule has 2 aromatic carbocycles. The summed E-state index contributed by atoms with van der Waals surface area (Å²) in [5.41, 5.74) is 3.28. The summed E-state index contributed by atoms with van der Waals surface area (Å²) in [6.45, 7) is 1.88. The van der Waals surface area contributed by atoms with Gasteiger partial charge in [0.05, 0.1) is 6.04 Å². The first-order chi connectivity index (χ1) is 13.6. The van der Waals surface area contributed by atoms with Crippen molar-refractivity contribution < 1.29 is 4.79 Å². The summed E-state index contributed by atoms with van der Waals surface area (Å²) in [7, 11) is 0. The number of nitrogens with zero attached hydrogens (tertiary/aromatic N) is 3. The van der Waals surface area contributed by atoms with E-state index in [1.165, 1.54) is 9.08 Å². The summed E-state index contributed by atoms with van der Waals surface area (Å²) >= 11 is 0. The van der Waals surface area contributed by atoms with Crippen molar-refractivity contribution in [2.75, 3.05) is 0 Å². The maximum Gasteiger partial charge on any atom is 0.350 e. The molecular weight excluding hydrogens is 352 g/mol. The molecule has 0 fully saturated rings. The van der Waals surface area contributed by atoms with E-state index >= 15 is 0 Å². The van der Waals surface area contributed by atoms with Crippen molar-refractivity contribution in [1.29, 1.82) is 0 Å². The fourth-order valence-corrected chi connectivity index (χ4v) is 3.18. The van der Waals surface area contributed by atoms with Crippen LogP contribution in [0.3, 0.4) is 0 Å². The number of fused-ring (bicyclic) bond motifs is 1. The smallest absolute Gasteiger partial charge is 0.344 e. The van der Waals surface area contributed by atoms with Crippen LogP contribution in [-0.4, -0.2) is 20.1 Å². The van der Waals surface area contributed by atoms with Crippen LogP contribution in [0.15, 0.2) is 83.8 Å². The molecule has 140 valence electrons. The summed E-state index contributed by atoms with van der Waals surface area (Å²) in [6, 6.07) is 22.8. The van der Waals surface area contributed by atoms with Gasteiger partial charge in [-0.2, -0.15) is 0 Å². The first kappa shape index (κ1) is 17.7. The largest absolute Gasteiger partial charge is 0.350 e. The number of aromatic nitrogens is 3. The first-order valence-corrected chi connectivity index (χ1v) is 9.07. The molecule has 28 heavy (non-hydrogen) atoms. The number of benzene rings is 2. The van der Waals surface area contributed by atoms with Crippen LogP contribution in [0.5, 0.6) is 0 Å². The summed E-state index contributed by atoms with van der Waals surface area (Å²) < 4.78 is 2.60. The van der Waals surface area contributed by atoms with E-state index in [4.69, 9.17) is 0 Å². The second kappa shape index (κ2) is 7.52. The minimum atomic E-state index is -0.336. The first-order valence-electron chi connectivity index (χ1n) is 9.07. The Bertz CT molecular complexity index is 1160. The topological polar surface area (TPSA) is 68.4 Å². The molecule has 6 nitrogen and oxygen atoms in total. The quantitative estimate of drug-likeness (QED) is 0.586. The van der Waals surface area contributed by atoms with Gasteiger partial charge in [0.15, 0.2) is 5.65 Å². The molecule has 0 aliphatic heterocycles. The Morgan fingerprint density at radius 2 is 1.64 bits per heavy atom. The summed E-state index contributed by atoms with van der Waals surface area (Å²) in [4.78, 5) is 25.2. The molecule has 0 bridgehead atoms. The fraction of sp³-hybridized carbons (Fsp3) is 0.136. The van der Waals surface area contributed by atoms with E-state index in [9.17, 15) is 9.59 Å². The van der Waals surface area contributed by atoms with Crippen molar-refractivity contribution in [2.45, 2.75) is 19.5 Å². The number of carbonyl (C=O) groups excluding carboxylic acids is 1. The van der Waals surface area contributed by atoms with E-state index in [2.05, 4.69) is 10.4 Å². The standard InChI is InChI=1S/C22H20N4O2/c1-16-10-12-18(13-11-16)21(17-7-3-2-4-8-17)23-20(27)15-26-22(28)25-14-6-5-9-19(25)24-26/h2-14,21H,15H2,1H3,(H,23,27). The molecule has 4 rings (SSSR count). The third kappa shape index (κ3) is 3.57. The van der Waals surface area contributed by atoms with Crippen molar-refractivity contribution in [1.82, 2.24) is 19.5 Å². The Hall–Kier alpha value is -3.67. The Balaban J connectivity index is 1.61. The van der Waals surface area contributed by atoms with E-state index in [0.29, 0.717) is 5.65 Å². The molecule has 2 heterocycles. The van der Waals surface area contributed by atoms with Gasteiger partial charge in [0, 0.05) is 6.20 Å². The van der Waals surface area contributed by atoms with Crippen LogP contribution in [0, 0.1) is 6.92 Å². The Labute approximate surface area is 162 Å².